The highest BCUT2D eigenvalue weighted by molar-refractivity contribution is 5.86. The summed E-state index contributed by atoms with van der Waals surface area (Å²) in [4.78, 5) is 28.9. The van der Waals surface area contributed by atoms with Crippen LogP contribution in [0.15, 0.2) is 0 Å². The molecule has 5 heteroatoms. The number of carbonyl (C=O) groups is 2. The Labute approximate surface area is 140 Å². The molecule has 1 heterocycles. The number of rotatable bonds is 5. The summed E-state index contributed by atoms with van der Waals surface area (Å²) in [5, 5.41) is 0. The first-order chi connectivity index (χ1) is 10.6. The molecule has 0 aliphatic carbocycles. The van der Waals surface area contributed by atoms with Crippen molar-refractivity contribution in [1.29, 1.82) is 0 Å². The largest absolute Gasteiger partial charge is 0.458 e. The number of esters is 1. The van der Waals surface area contributed by atoms with Crippen LogP contribution in [0.4, 0.5) is 0 Å². The molecule has 0 radical (unpaired) electrons. The molecule has 1 rings (SSSR count). The zero-order valence-corrected chi connectivity index (χ0v) is 15.3. The fraction of sp³-hybridized carbons (Fsp3) is 0.778. The maximum Gasteiger partial charge on any atom is 0.329 e. The second-order valence-corrected chi connectivity index (χ2v) is 7.60. The molecule has 0 bridgehead atoms. The lowest BCUT2D eigenvalue weighted by molar-refractivity contribution is -0.166. The van der Waals surface area contributed by atoms with Gasteiger partial charge in [0.15, 0.2) is 0 Å². The Kier molecular flexibility index (Phi) is 6.64. The van der Waals surface area contributed by atoms with Gasteiger partial charge in [0.05, 0.1) is 12.5 Å². The van der Waals surface area contributed by atoms with E-state index in [4.69, 9.17) is 11.2 Å². The molecule has 23 heavy (non-hydrogen) atoms. The van der Waals surface area contributed by atoms with Gasteiger partial charge >= 0.3 is 5.97 Å². The van der Waals surface area contributed by atoms with Crippen LogP contribution < -0.4 is 0 Å². The van der Waals surface area contributed by atoms with Crippen molar-refractivity contribution in [3.8, 4) is 12.3 Å². The lowest BCUT2D eigenvalue weighted by Gasteiger charge is -2.33. The lowest BCUT2D eigenvalue weighted by Crippen LogP contribution is -2.50. The normalized spacial score (nSPS) is 20.2. The average molecular weight is 322 g/mol. The van der Waals surface area contributed by atoms with E-state index in [9.17, 15) is 9.59 Å². The molecular formula is C18H30N2O3. The number of likely N-dealkylation sites (tertiary alicyclic amines) is 1. The van der Waals surface area contributed by atoms with Crippen molar-refractivity contribution in [2.75, 3.05) is 26.7 Å². The van der Waals surface area contributed by atoms with Gasteiger partial charge in [0.2, 0.25) is 5.91 Å². The van der Waals surface area contributed by atoms with Crippen molar-refractivity contribution in [2.24, 2.45) is 11.8 Å². The van der Waals surface area contributed by atoms with E-state index >= 15 is 0 Å². The predicted octanol–water partition coefficient (Wildman–Crippen LogP) is 1.77. The van der Waals surface area contributed by atoms with Crippen molar-refractivity contribution < 1.29 is 14.3 Å². The van der Waals surface area contributed by atoms with Crippen LogP contribution in [0, 0.1) is 24.2 Å². The van der Waals surface area contributed by atoms with Gasteiger partial charge in [-0.3, -0.25) is 9.69 Å². The van der Waals surface area contributed by atoms with E-state index in [1.165, 1.54) is 0 Å². The van der Waals surface area contributed by atoms with E-state index in [0.717, 1.165) is 13.0 Å². The van der Waals surface area contributed by atoms with E-state index in [1.54, 1.807) is 11.9 Å². The summed E-state index contributed by atoms with van der Waals surface area (Å²) in [5.74, 6) is 2.15. The van der Waals surface area contributed by atoms with Gasteiger partial charge in [-0.1, -0.05) is 19.8 Å². The van der Waals surface area contributed by atoms with E-state index in [2.05, 4.69) is 10.8 Å². The third-order valence-electron chi connectivity index (χ3n) is 3.98. The van der Waals surface area contributed by atoms with Crippen molar-refractivity contribution in [2.45, 2.75) is 52.7 Å². The summed E-state index contributed by atoms with van der Waals surface area (Å²) in [6.07, 6.45) is 6.11. The molecule has 1 amide bonds. The SMILES string of the molecule is C#CCN1CCC(C(=O)N(C)C(C(=O)OC(C)(C)C)C(C)C)C1. The van der Waals surface area contributed by atoms with E-state index in [-0.39, 0.29) is 23.7 Å². The Hall–Kier alpha value is -1.54. The first kappa shape index (κ1) is 19.5. The van der Waals surface area contributed by atoms with Gasteiger partial charge < -0.3 is 9.64 Å². The first-order valence-corrected chi connectivity index (χ1v) is 8.22. The summed E-state index contributed by atoms with van der Waals surface area (Å²) >= 11 is 0. The summed E-state index contributed by atoms with van der Waals surface area (Å²) in [5.41, 5.74) is -0.564. The van der Waals surface area contributed by atoms with Crippen molar-refractivity contribution >= 4 is 11.9 Å². The number of terminal acetylenes is 1. The van der Waals surface area contributed by atoms with Crippen LogP contribution in [0.2, 0.25) is 0 Å². The highest BCUT2D eigenvalue weighted by atomic mass is 16.6. The summed E-state index contributed by atoms with van der Waals surface area (Å²) in [7, 11) is 1.70. The quantitative estimate of drug-likeness (QED) is 0.572. The standard InChI is InChI=1S/C18H30N2O3/c1-8-10-20-11-9-14(12-20)16(21)19(7)15(13(2)3)17(22)23-18(4,5)6/h1,13-15H,9-12H2,2-7H3. The Morgan fingerprint density at radius 3 is 2.48 bits per heavy atom. The number of amides is 1. The average Bonchev–Trinajstić information content (AvgIpc) is 2.84. The van der Waals surface area contributed by atoms with Crippen LogP contribution in [-0.2, 0) is 14.3 Å². The van der Waals surface area contributed by atoms with Crippen molar-refractivity contribution in [3.05, 3.63) is 0 Å². The fourth-order valence-corrected chi connectivity index (χ4v) is 2.97. The summed E-state index contributed by atoms with van der Waals surface area (Å²) in [6, 6.07) is -0.566. The zero-order chi connectivity index (χ0) is 17.8. The summed E-state index contributed by atoms with van der Waals surface area (Å²) in [6.45, 7) is 11.4. The summed E-state index contributed by atoms with van der Waals surface area (Å²) < 4.78 is 5.49. The zero-order valence-electron chi connectivity index (χ0n) is 15.3. The highest BCUT2D eigenvalue weighted by Crippen LogP contribution is 2.22. The molecule has 1 saturated heterocycles. The number of hydrogen-bond acceptors (Lipinski definition) is 4. The van der Waals surface area contributed by atoms with Gasteiger partial charge in [0.1, 0.15) is 11.6 Å². The molecule has 0 N–H and O–H groups in total. The lowest BCUT2D eigenvalue weighted by atomic mass is 9.99. The molecule has 0 spiro atoms. The van der Waals surface area contributed by atoms with Gasteiger partial charge in [-0.15, -0.1) is 6.42 Å². The van der Waals surface area contributed by atoms with E-state index < -0.39 is 11.6 Å². The minimum atomic E-state index is -0.566. The third kappa shape index (κ3) is 5.54. The maximum atomic E-state index is 12.8. The van der Waals surface area contributed by atoms with Gasteiger partial charge in [-0.25, -0.2) is 4.79 Å². The number of ether oxygens (including phenoxy) is 1. The molecule has 0 aromatic carbocycles. The van der Waals surface area contributed by atoms with E-state index in [1.807, 2.05) is 34.6 Å². The Morgan fingerprint density at radius 2 is 2.00 bits per heavy atom. The maximum absolute atomic E-state index is 12.8. The molecular weight excluding hydrogens is 292 g/mol. The van der Waals surface area contributed by atoms with Crippen LogP contribution in [-0.4, -0.2) is 60.0 Å². The molecule has 0 aromatic heterocycles. The minimum absolute atomic E-state index is 0.00548. The molecule has 1 fully saturated rings. The molecule has 2 unspecified atom stereocenters. The predicted molar refractivity (Wildman–Crippen MR) is 90.6 cm³/mol. The smallest absolute Gasteiger partial charge is 0.329 e. The third-order valence-corrected chi connectivity index (χ3v) is 3.98. The first-order valence-electron chi connectivity index (χ1n) is 8.22. The highest BCUT2D eigenvalue weighted by Gasteiger charge is 2.37. The number of hydrogen-bond donors (Lipinski definition) is 0. The molecule has 5 nitrogen and oxygen atoms in total. The van der Waals surface area contributed by atoms with Crippen LogP contribution in [0.1, 0.15) is 41.0 Å². The van der Waals surface area contributed by atoms with Crippen molar-refractivity contribution in [1.82, 2.24) is 9.80 Å². The molecule has 1 aliphatic heterocycles. The van der Waals surface area contributed by atoms with Gasteiger partial charge in [0, 0.05) is 13.6 Å². The molecule has 130 valence electrons. The molecule has 0 saturated carbocycles. The van der Waals surface area contributed by atoms with Crippen molar-refractivity contribution in [3.63, 3.8) is 0 Å². The van der Waals surface area contributed by atoms with Gasteiger partial charge in [-0.05, 0) is 39.7 Å². The van der Waals surface area contributed by atoms with Gasteiger partial charge in [0.25, 0.3) is 0 Å². The number of nitrogens with zero attached hydrogens (tertiary/aromatic N) is 2. The Bertz CT molecular complexity index is 474. The molecule has 2 atom stereocenters. The van der Waals surface area contributed by atoms with Crippen LogP contribution >= 0.6 is 0 Å². The topological polar surface area (TPSA) is 49.9 Å². The number of likely N-dealkylation sites (N-methyl/N-ethyl adjacent to an activating group) is 1. The Balaban J connectivity index is 2.78. The molecule has 0 aromatic rings. The van der Waals surface area contributed by atoms with Crippen LogP contribution in [0.3, 0.4) is 0 Å². The van der Waals surface area contributed by atoms with Crippen LogP contribution in [0.5, 0.6) is 0 Å². The molecule has 1 aliphatic rings. The fourth-order valence-electron chi connectivity index (χ4n) is 2.97. The van der Waals surface area contributed by atoms with Crippen LogP contribution in [0.25, 0.3) is 0 Å². The van der Waals surface area contributed by atoms with Gasteiger partial charge in [-0.2, -0.15) is 0 Å². The second kappa shape index (κ2) is 7.83. The second-order valence-electron chi connectivity index (χ2n) is 7.60. The minimum Gasteiger partial charge on any atom is -0.458 e. The van der Waals surface area contributed by atoms with E-state index in [0.29, 0.717) is 13.1 Å². The Morgan fingerprint density at radius 1 is 1.39 bits per heavy atom. The number of carbonyl (C=O) groups excluding carboxylic acids is 2. The monoisotopic (exact) mass is 322 g/mol.